The van der Waals surface area contributed by atoms with Crippen molar-refractivity contribution in [3.05, 3.63) is 54.1 Å². The molecule has 0 spiro atoms. The molecule has 1 atom stereocenters. The third kappa shape index (κ3) is 3.53. The molecule has 126 valence electrons. The topological polar surface area (TPSA) is 55.6 Å². The second-order valence-corrected chi connectivity index (χ2v) is 6.22. The summed E-state index contributed by atoms with van der Waals surface area (Å²) >= 11 is 0. The van der Waals surface area contributed by atoms with Gasteiger partial charge in [0.1, 0.15) is 5.75 Å². The number of nitrogens with two attached hydrogens (primary N) is 1. The number of carbonyl (C=O) groups excluding carboxylic acids is 1. The molecule has 1 heterocycles. The minimum atomic E-state index is -0.481. The van der Waals surface area contributed by atoms with Gasteiger partial charge in [-0.1, -0.05) is 44.0 Å². The van der Waals surface area contributed by atoms with Crippen molar-refractivity contribution in [1.29, 1.82) is 0 Å². The predicted octanol–water partition coefficient (Wildman–Crippen LogP) is 3.80. The van der Waals surface area contributed by atoms with Crippen LogP contribution in [0.25, 0.3) is 0 Å². The first-order chi connectivity index (χ1) is 11.7. The van der Waals surface area contributed by atoms with Crippen molar-refractivity contribution in [1.82, 2.24) is 0 Å². The van der Waals surface area contributed by atoms with Crippen molar-refractivity contribution in [3.8, 4) is 5.75 Å². The highest BCUT2D eigenvalue weighted by atomic mass is 16.5. The van der Waals surface area contributed by atoms with Gasteiger partial charge in [0.25, 0.3) is 5.91 Å². The lowest BCUT2D eigenvalue weighted by molar-refractivity contribution is -0.126. The number of nitrogens with zero attached hydrogens (tertiary/aromatic N) is 1. The molecular formula is C20H24N2O2. The molecular weight excluding hydrogens is 300 g/mol. The standard InChI is InChI=1S/C20H24N2O2/c1-2-3-6-13-22-17-7-4-5-8-18(17)24-19(20(22)23)14-15-9-11-16(21)12-10-15/h4-5,7-12,19H,2-3,6,13-14,21H2,1H3. The summed E-state index contributed by atoms with van der Waals surface area (Å²) in [7, 11) is 0. The Hall–Kier alpha value is -2.49. The number of carbonyl (C=O) groups is 1. The summed E-state index contributed by atoms with van der Waals surface area (Å²) in [6.45, 7) is 2.91. The van der Waals surface area contributed by atoms with Crippen LogP contribution in [0.5, 0.6) is 5.75 Å². The summed E-state index contributed by atoms with van der Waals surface area (Å²) in [5.41, 5.74) is 8.39. The number of hydrogen-bond donors (Lipinski definition) is 1. The smallest absolute Gasteiger partial charge is 0.268 e. The molecule has 4 nitrogen and oxygen atoms in total. The van der Waals surface area contributed by atoms with Gasteiger partial charge in [0.05, 0.1) is 5.69 Å². The van der Waals surface area contributed by atoms with Crippen LogP contribution in [-0.2, 0) is 11.2 Å². The van der Waals surface area contributed by atoms with Gasteiger partial charge in [-0.05, 0) is 36.2 Å². The second kappa shape index (κ2) is 7.39. The Morgan fingerprint density at radius 3 is 2.58 bits per heavy atom. The summed E-state index contributed by atoms with van der Waals surface area (Å²) in [6.07, 6.45) is 3.33. The summed E-state index contributed by atoms with van der Waals surface area (Å²) in [4.78, 5) is 14.8. The number of benzene rings is 2. The number of rotatable bonds is 6. The van der Waals surface area contributed by atoms with Crippen LogP contribution in [0.1, 0.15) is 31.7 Å². The molecule has 0 saturated carbocycles. The van der Waals surface area contributed by atoms with Crippen molar-refractivity contribution in [2.75, 3.05) is 17.2 Å². The molecule has 2 aromatic carbocycles. The van der Waals surface area contributed by atoms with E-state index >= 15 is 0 Å². The average Bonchev–Trinajstić information content (AvgIpc) is 2.60. The fourth-order valence-corrected chi connectivity index (χ4v) is 3.02. The van der Waals surface area contributed by atoms with Crippen LogP contribution in [0.4, 0.5) is 11.4 Å². The van der Waals surface area contributed by atoms with E-state index in [1.807, 2.05) is 53.4 Å². The molecule has 0 bridgehead atoms. The minimum Gasteiger partial charge on any atom is -0.478 e. The fraction of sp³-hybridized carbons (Fsp3) is 0.350. The molecule has 1 amide bonds. The van der Waals surface area contributed by atoms with Crippen LogP contribution in [0, 0.1) is 0 Å². The predicted molar refractivity (Wildman–Crippen MR) is 97.3 cm³/mol. The first-order valence-corrected chi connectivity index (χ1v) is 8.60. The van der Waals surface area contributed by atoms with Gasteiger partial charge in [0, 0.05) is 18.7 Å². The third-order valence-electron chi connectivity index (χ3n) is 4.35. The maximum atomic E-state index is 12.9. The highest BCUT2D eigenvalue weighted by molar-refractivity contribution is 6.00. The van der Waals surface area contributed by atoms with Crippen LogP contribution < -0.4 is 15.4 Å². The second-order valence-electron chi connectivity index (χ2n) is 6.22. The minimum absolute atomic E-state index is 0.0432. The van der Waals surface area contributed by atoms with Crippen molar-refractivity contribution in [2.24, 2.45) is 0 Å². The van der Waals surface area contributed by atoms with Crippen molar-refractivity contribution < 1.29 is 9.53 Å². The molecule has 0 radical (unpaired) electrons. The molecule has 4 heteroatoms. The number of unbranched alkanes of at least 4 members (excludes halogenated alkanes) is 2. The Morgan fingerprint density at radius 2 is 1.83 bits per heavy atom. The largest absolute Gasteiger partial charge is 0.478 e. The Morgan fingerprint density at radius 1 is 1.08 bits per heavy atom. The van der Waals surface area contributed by atoms with Crippen molar-refractivity contribution in [3.63, 3.8) is 0 Å². The van der Waals surface area contributed by atoms with Gasteiger partial charge in [-0.25, -0.2) is 0 Å². The lowest BCUT2D eigenvalue weighted by Gasteiger charge is -2.34. The van der Waals surface area contributed by atoms with Gasteiger partial charge in [-0.3, -0.25) is 4.79 Å². The Bertz CT molecular complexity index is 697. The van der Waals surface area contributed by atoms with E-state index in [4.69, 9.17) is 10.5 Å². The van der Waals surface area contributed by atoms with Gasteiger partial charge in [-0.2, -0.15) is 0 Å². The molecule has 1 unspecified atom stereocenters. The van der Waals surface area contributed by atoms with Gasteiger partial charge in [-0.15, -0.1) is 0 Å². The molecule has 0 aromatic heterocycles. The van der Waals surface area contributed by atoms with Gasteiger partial charge >= 0.3 is 0 Å². The van der Waals surface area contributed by atoms with Gasteiger partial charge < -0.3 is 15.4 Å². The molecule has 2 N–H and O–H groups in total. The fourth-order valence-electron chi connectivity index (χ4n) is 3.02. The van der Waals surface area contributed by atoms with Crippen LogP contribution in [0.3, 0.4) is 0 Å². The van der Waals surface area contributed by atoms with Crippen LogP contribution in [0.15, 0.2) is 48.5 Å². The zero-order chi connectivity index (χ0) is 16.9. The molecule has 2 aromatic rings. The Kier molecular flexibility index (Phi) is 5.04. The highest BCUT2D eigenvalue weighted by Gasteiger charge is 2.33. The Balaban J connectivity index is 1.81. The average molecular weight is 324 g/mol. The summed E-state index contributed by atoms with van der Waals surface area (Å²) < 4.78 is 5.99. The first kappa shape index (κ1) is 16.4. The summed E-state index contributed by atoms with van der Waals surface area (Å²) in [6, 6.07) is 15.4. The molecule has 0 saturated heterocycles. The summed E-state index contributed by atoms with van der Waals surface area (Å²) in [5, 5.41) is 0. The Labute approximate surface area is 143 Å². The lowest BCUT2D eigenvalue weighted by Crippen LogP contribution is -2.47. The van der Waals surface area contributed by atoms with E-state index in [0.29, 0.717) is 6.42 Å². The molecule has 1 aliphatic heterocycles. The number of ether oxygens (including phenoxy) is 1. The van der Waals surface area contributed by atoms with Crippen LogP contribution in [-0.4, -0.2) is 18.6 Å². The number of anilines is 2. The monoisotopic (exact) mass is 324 g/mol. The zero-order valence-corrected chi connectivity index (χ0v) is 14.1. The van der Waals surface area contributed by atoms with Gasteiger partial charge in [0.15, 0.2) is 6.10 Å². The zero-order valence-electron chi connectivity index (χ0n) is 14.1. The van der Waals surface area contributed by atoms with E-state index in [1.165, 1.54) is 0 Å². The van der Waals surface area contributed by atoms with E-state index in [0.717, 1.165) is 48.5 Å². The first-order valence-electron chi connectivity index (χ1n) is 8.60. The third-order valence-corrected chi connectivity index (χ3v) is 4.35. The quantitative estimate of drug-likeness (QED) is 0.649. The van der Waals surface area contributed by atoms with Crippen LogP contribution in [0.2, 0.25) is 0 Å². The highest BCUT2D eigenvalue weighted by Crippen LogP contribution is 2.34. The molecule has 1 aliphatic rings. The maximum absolute atomic E-state index is 12.9. The van der Waals surface area contributed by atoms with Crippen molar-refractivity contribution in [2.45, 2.75) is 38.7 Å². The normalized spacial score (nSPS) is 16.6. The molecule has 0 fully saturated rings. The molecule has 3 rings (SSSR count). The number of amides is 1. The van der Waals surface area contributed by atoms with E-state index in [2.05, 4.69) is 6.92 Å². The summed E-state index contributed by atoms with van der Waals surface area (Å²) in [5.74, 6) is 0.829. The van der Waals surface area contributed by atoms with E-state index in [-0.39, 0.29) is 5.91 Å². The van der Waals surface area contributed by atoms with Crippen molar-refractivity contribution >= 4 is 17.3 Å². The number of hydrogen-bond acceptors (Lipinski definition) is 3. The van der Waals surface area contributed by atoms with Crippen LogP contribution >= 0.6 is 0 Å². The number of para-hydroxylation sites is 2. The number of fused-ring (bicyclic) bond motifs is 1. The molecule has 0 aliphatic carbocycles. The van der Waals surface area contributed by atoms with E-state index in [9.17, 15) is 4.79 Å². The lowest BCUT2D eigenvalue weighted by atomic mass is 10.0. The van der Waals surface area contributed by atoms with E-state index in [1.54, 1.807) is 0 Å². The maximum Gasteiger partial charge on any atom is 0.268 e. The molecule has 24 heavy (non-hydrogen) atoms. The number of nitrogen functional groups attached to an aromatic ring is 1. The van der Waals surface area contributed by atoms with E-state index < -0.39 is 6.10 Å². The SMILES string of the molecule is CCCCCN1C(=O)C(Cc2ccc(N)cc2)Oc2ccccc21. The van der Waals surface area contributed by atoms with Gasteiger partial charge in [0.2, 0.25) is 0 Å².